The van der Waals surface area contributed by atoms with E-state index in [1.54, 1.807) is 0 Å². The fourth-order valence-corrected chi connectivity index (χ4v) is 1.82. The van der Waals surface area contributed by atoms with Gasteiger partial charge < -0.3 is 9.47 Å². The summed E-state index contributed by atoms with van der Waals surface area (Å²) in [4.78, 5) is 3.68. The van der Waals surface area contributed by atoms with Gasteiger partial charge in [0.2, 0.25) is 11.8 Å². The number of hydrogen-bond donors (Lipinski definition) is 0. The second kappa shape index (κ2) is 7.38. The van der Waals surface area contributed by atoms with Gasteiger partial charge in [-0.3, -0.25) is 0 Å². The smallest absolute Gasteiger partial charge is 0.416 e. The molecule has 0 saturated carbocycles. The number of nitrogens with zero attached hydrogens (tertiary/aromatic N) is 1. The van der Waals surface area contributed by atoms with E-state index in [4.69, 9.17) is 4.74 Å². The van der Waals surface area contributed by atoms with Crippen molar-refractivity contribution in [2.45, 2.75) is 25.4 Å². The Kier molecular flexibility index (Phi) is 5.62. The first-order valence-electron chi connectivity index (χ1n) is 7.10. The third-order valence-electron chi connectivity index (χ3n) is 3.04. The molecular formula is C16H12F7NO2. The number of rotatable bonds is 6. The number of benzene rings is 1. The van der Waals surface area contributed by atoms with E-state index in [1.807, 2.05) is 0 Å². The van der Waals surface area contributed by atoms with Crippen molar-refractivity contribution < 1.29 is 40.2 Å². The summed E-state index contributed by atoms with van der Waals surface area (Å²) in [6.07, 6.45) is -8.48. The second-order valence-electron chi connectivity index (χ2n) is 5.30. The van der Waals surface area contributed by atoms with Gasteiger partial charge in [0.15, 0.2) is 6.61 Å². The minimum atomic E-state index is -4.57. The molecule has 1 aromatic carbocycles. The summed E-state index contributed by atoms with van der Waals surface area (Å²) < 4.78 is 97.9. The Bertz CT molecular complexity index is 763. The van der Waals surface area contributed by atoms with Crippen molar-refractivity contribution in [2.75, 3.05) is 6.61 Å². The van der Waals surface area contributed by atoms with Gasteiger partial charge in [-0.25, -0.2) is 8.78 Å². The maximum absolute atomic E-state index is 12.9. The molecule has 0 amide bonds. The van der Waals surface area contributed by atoms with Crippen LogP contribution in [0.25, 0.3) is 0 Å². The van der Waals surface area contributed by atoms with Crippen molar-refractivity contribution in [3.8, 4) is 17.5 Å². The number of hydrogen-bond acceptors (Lipinski definition) is 3. The average molecular weight is 383 g/mol. The lowest BCUT2D eigenvalue weighted by Gasteiger charge is -2.16. The molecule has 0 bridgehead atoms. The van der Waals surface area contributed by atoms with E-state index < -0.39 is 36.6 Å². The van der Waals surface area contributed by atoms with Crippen LogP contribution in [0.4, 0.5) is 30.7 Å². The van der Waals surface area contributed by atoms with E-state index in [-0.39, 0.29) is 11.6 Å². The second-order valence-corrected chi connectivity index (χ2v) is 5.30. The summed E-state index contributed by atoms with van der Waals surface area (Å²) >= 11 is 0. The van der Waals surface area contributed by atoms with Crippen LogP contribution in [-0.2, 0) is 6.18 Å². The van der Waals surface area contributed by atoms with Crippen molar-refractivity contribution in [3.05, 3.63) is 47.5 Å². The average Bonchev–Trinajstić information content (AvgIpc) is 2.52. The molecule has 10 heteroatoms. The first kappa shape index (κ1) is 19.8. The van der Waals surface area contributed by atoms with Gasteiger partial charge in [0.05, 0.1) is 5.56 Å². The summed E-state index contributed by atoms with van der Waals surface area (Å²) in [5.41, 5.74) is -0.534. The molecule has 2 rings (SSSR count). The highest BCUT2D eigenvalue weighted by molar-refractivity contribution is 5.35. The number of pyridine rings is 1. The zero-order valence-corrected chi connectivity index (χ0v) is 13.2. The Morgan fingerprint density at radius 1 is 1.00 bits per heavy atom. The van der Waals surface area contributed by atoms with Gasteiger partial charge in [-0.15, -0.1) is 0 Å². The van der Waals surface area contributed by atoms with Crippen LogP contribution < -0.4 is 9.47 Å². The predicted molar refractivity (Wildman–Crippen MR) is 76.9 cm³/mol. The van der Waals surface area contributed by atoms with Crippen molar-refractivity contribution in [1.82, 2.24) is 4.98 Å². The summed E-state index contributed by atoms with van der Waals surface area (Å²) in [6, 6.07) is 6.45. The zero-order chi connectivity index (χ0) is 19.5. The Balaban J connectivity index is 2.17. The van der Waals surface area contributed by atoms with E-state index in [0.717, 1.165) is 18.2 Å². The molecule has 26 heavy (non-hydrogen) atoms. The lowest BCUT2D eigenvalue weighted by atomic mass is 10.2. The molecule has 0 atom stereocenters. The van der Waals surface area contributed by atoms with Crippen molar-refractivity contribution in [3.63, 3.8) is 0 Å². The fourth-order valence-electron chi connectivity index (χ4n) is 1.82. The topological polar surface area (TPSA) is 31.4 Å². The lowest BCUT2D eigenvalue weighted by Crippen LogP contribution is -2.33. The van der Waals surface area contributed by atoms with Gasteiger partial charge in [0.25, 0.3) is 0 Å². The minimum absolute atomic E-state index is 0.193. The molecule has 142 valence electrons. The van der Waals surface area contributed by atoms with E-state index >= 15 is 0 Å². The predicted octanol–water partition coefficient (Wildman–Crippen LogP) is 5.48. The highest BCUT2D eigenvalue weighted by Crippen LogP contribution is 2.33. The number of aromatic nitrogens is 1. The highest BCUT2D eigenvalue weighted by Gasteiger charge is 2.41. The van der Waals surface area contributed by atoms with Gasteiger partial charge >= 0.3 is 18.5 Å². The maximum atomic E-state index is 12.9. The van der Waals surface area contributed by atoms with E-state index in [2.05, 4.69) is 9.72 Å². The standard InChI is InChI=1S/C16H12F7NO2/c1-9-5-12(25-8-15(19,20)14(17)18)24-13(6-9)26-11-4-2-3-10(7-11)16(21,22)23/h2-7,14H,8H2,1H3. The third-order valence-corrected chi connectivity index (χ3v) is 3.04. The van der Waals surface area contributed by atoms with E-state index in [9.17, 15) is 30.7 Å². The highest BCUT2D eigenvalue weighted by atomic mass is 19.4. The summed E-state index contributed by atoms with van der Waals surface area (Å²) in [5, 5.41) is 0. The van der Waals surface area contributed by atoms with Crippen LogP contribution in [0.2, 0.25) is 0 Å². The molecule has 0 aliphatic rings. The summed E-state index contributed by atoms with van der Waals surface area (Å²) in [6.45, 7) is -0.0943. The molecule has 0 aliphatic heterocycles. The Labute approximate surface area is 143 Å². The molecule has 1 aromatic heterocycles. The van der Waals surface area contributed by atoms with E-state index in [1.165, 1.54) is 25.1 Å². The maximum Gasteiger partial charge on any atom is 0.416 e. The monoisotopic (exact) mass is 383 g/mol. The first-order valence-corrected chi connectivity index (χ1v) is 7.10. The quantitative estimate of drug-likeness (QED) is 0.619. The van der Waals surface area contributed by atoms with Gasteiger partial charge in [-0.2, -0.15) is 26.9 Å². The van der Waals surface area contributed by atoms with Crippen LogP contribution in [0.5, 0.6) is 17.5 Å². The Morgan fingerprint density at radius 3 is 2.27 bits per heavy atom. The molecule has 1 heterocycles. The molecule has 3 nitrogen and oxygen atoms in total. The third kappa shape index (κ3) is 5.24. The van der Waals surface area contributed by atoms with Crippen molar-refractivity contribution >= 4 is 0 Å². The first-order chi connectivity index (χ1) is 12.0. The number of ether oxygens (including phenoxy) is 2. The molecule has 0 unspecified atom stereocenters. The van der Waals surface area contributed by atoms with Crippen LogP contribution in [-0.4, -0.2) is 23.9 Å². The summed E-state index contributed by atoms with van der Waals surface area (Å²) in [7, 11) is 0. The van der Waals surface area contributed by atoms with Gasteiger partial charge in [-0.1, -0.05) is 6.07 Å². The number of aryl methyl sites for hydroxylation is 1. The van der Waals surface area contributed by atoms with E-state index in [0.29, 0.717) is 5.56 Å². The molecule has 0 N–H and O–H groups in total. The van der Waals surface area contributed by atoms with Crippen molar-refractivity contribution in [1.29, 1.82) is 0 Å². The van der Waals surface area contributed by atoms with Crippen LogP contribution in [0.1, 0.15) is 11.1 Å². The zero-order valence-electron chi connectivity index (χ0n) is 13.2. The molecular weight excluding hydrogens is 371 g/mol. The molecule has 0 aliphatic carbocycles. The Hall–Kier alpha value is -2.52. The van der Waals surface area contributed by atoms with Crippen LogP contribution in [0, 0.1) is 6.92 Å². The SMILES string of the molecule is Cc1cc(OCC(F)(F)C(F)F)nc(Oc2cccc(C(F)(F)F)c2)c1. The minimum Gasteiger partial charge on any atom is -0.471 e. The number of alkyl halides is 7. The number of halogens is 7. The van der Waals surface area contributed by atoms with Crippen molar-refractivity contribution in [2.24, 2.45) is 0 Å². The fraction of sp³-hybridized carbons (Fsp3) is 0.312. The van der Waals surface area contributed by atoms with Gasteiger partial charge in [-0.05, 0) is 30.7 Å². The van der Waals surface area contributed by atoms with Crippen LogP contribution >= 0.6 is 0 Å². The van der Waals surface area contributed by atoms with Gasteiger partial charge in [0, 0.05) is 12.1 Å². The molecule has 0 fully saturated rings. The molecule has 0 saturated heterocycles. The Morgan fingerprint density at radius 2 is 1.65 bits per heavy atom. The summed E-state index contributed by atoms with van der Waals surface area (Å²) in [5.74, 6) is -5.22. The van der Waals surface area contributed by atoms with Crippen LogP contribution in [0.15, 0.2) is 36.4 Å². The molecule has 0 spiro atoms. The normalized spacial score (nSPS) is 12.3. The largest absolute Gasteiger partial charge is 0.471 e. The van der Waals surface area contributed by atoms with Crippen LogP contribution in [0.3, 0.4) is 0 Å². The van der Waals surface area contributed by atoms with Gasteiger partial charge in [0.1, 0.15) is 5.75 Å². The molecule has 0 radical (unpaired) electrons. The molecule has 2 aromatic rings. The lowest BCUT2D eigenvalue weighted by molar-refractivity contribution is -0.148.